The molecule has 4 rings (SSSR count). The summed E-state index contributed by atoms with van der Waals surface area (Å²) in [6.07, 6.45) is 2.26. The minimum absolute atomic E-state index is 0.496. The molecule has 4 heteroatoms. The molecule has 0 aliphatic heterocycles. The van der Waals surface area contributed by atoms with Gasteiger partial charge >= 0.3 is 0 Å². The molecule has 0 fully saturated rings. The lowest BCUT2D eigenvalue weighted by atomic mass is 10.0. The minimum atomic E-state index is 0.496. The van der Waals surface area contributed by atoms with Crippen LogP contribution in [-0.4, -0.2) is 13.0 Å². The lowest BCUT2D eigenvalue weighted by molar-refractivity contribution is 1.02. The predicted molar refractivity (Wildman–Crippen MR) is 110 cm³/mol. The zero-order valence-corrected chi connectivity index (χ0v) is 15.6. The zero-order chi connectivity index (χ0) is 16.7. The maximum atomic E-state index is 6.29. The third-order valence-electron chi connectivity index (χ3n) is 4.61. The summed E-state index contributed by atoms with van der Waals surface area (Å²) in [6.45, 7) is 0. The Morgan fingerprint density at radius 2 is 1.79 bits per heavy atom. The molecule has 120 valence electrons. The highest BCUT2D eigenvalue weighted by Gasteiger charge is 2.18. The van der Waals surface area contributed by atoms with Crippen LogP contribution >= 0.6 is 22.6 Å². The van der Waals surface area contributed by atoms with Gasteiger partial charge in [-0.3, -0.25) is 0 Å². The quantitative estimate of drug-likeness (QED) is 0.368. The summed E-state index contributed by atoms with van der Waals surface area (Å²) in [7, 11) is 1.98. The van der Waals surface area contributed by atoms with Crippen molar-refractivity contribution >= 4 is 50.7 Å². The molecule has 0 amide bonds. The van der Waals surface area contributed by atoms with Gasteiger partial charge in [-0.15, -0.1) is 0 Å². The second kappa shape index (κ2) is 6.09. The Bertz CT molecular complexity index is 952. The number of guanidine groups is 1. The van der Waals surface area contributed by atoms with Gasteiger partial charge in [0.2, 0.25) is 5.96 Å². The van der Waals surface area contributed by atoms with Gasteiger partial charge in [0.1, 0.15) is 0 Å². The van der Waals surface area contributed by atoms with Crippen molar-refractivity contribution in [1.29, 1.82) is 0 Å². The number of hydrogen-bond acceptors (Lipinski definition) is 1. The molecule has 1 aliphatic rings. The molecule has 1 aliphatic carbocycles. The Hall–Kier alpha value is -2.08. The Morgan fingerprint density at radius 3 is 2.58 bits per heavy atom. The summed E-state index contributed by atoms with van der Waals surface area (Å²) in [5.74, 6) is 0.496. The molecule has 0 bridgehead atoms. The van der Waals surface area contributed by atoms with Gasteiger partial charge in [0, 0.05) is 16.0 Å². The molecule has 0 radical (unpaired) electrons. The topological polar surface area (TPSA) is 41.6 Å². The third-order valence-corrected chi connectivity index (χ3v) is 5.28. The highest BCUT2D eigenvalue weighted by atomic mass is 127. The van der Waals surface area contributed by atoms with Crippen molar-refractivity contribution < 1.29 is 0 Å². The number of anilines is 1. The van der Waals surface area contributed by atoms with E-state index >= 15 is 0 Å². The molecule has 0 unspecified atom stereocenters. The number of aryl methyl sites for hydroxylation is 2. The van der Waals surface area contributed by atoms with Crippen LogP contribution in [0.25, 0.3) is 10.8 Å². The number of hydrogen-bond donors (Lipinski definition) is 1. The van der Waals surface area contributed by atoms with Crippen LogP contribution in [0.1, 0.15) is 11.1 Å². The summed E-state index contributed by atoms with van der Waals surface area (Å²) >= 11 is 2.28. The Labute approximate surface area is 155 Å². The fraction of sp³-hybridized carbons (Fsp3) is 0.150. The summed E-state index contributed by atoms with van der Waals surface area (Å²) in [6, 6.07) is 19.0. The minimum Gasteiger partial charge on any atom is -0.369 e. The molecule has 0 heterocycles. The fourth-order valence-corrected chi connectivity index (χ4v) is 3.93. The van der Waals surface area contributed by atoms with Crippen molar-refractivity contribution in [3.05, 3.63) is 69.3 Å². The maximum Gasteiger partial charge on any atom is 0.200 e. The number of nitrogens with two attached hydrogens (primary N) is 1. The van der Waals surface area contributed by atoms with Gasteiger partial charge in [-0.2, -0.15) is 0 Å². The van der Waals surface area contributed by atoms with E-state index in [0.29, 0.717) is 5.96 Å². The van der Waals surface area contributed by atoms with E-state index in [4.69, 9.17) is 5.73 Å². The Balaban J connectivity index is 1.78. The highest BCUT2D eigenvalue weighted by Crippen LogP contribution is 2.36. The van der Waals surface area contributed by atoms with Crippen molar-refractivity contribution in [2.75, 3.05) is 11.9 Å². The van der Waals surface area contributed by atoms with Gasteiger partial charge in [-0.25, -0.2) is 4.99 Å². The molecule has 3 aromatic rings. The van der Waals surface area contributed by atoms with Crippen LogP contribution in [0.5, 0.6) is 0 Å². The molecule has 24 heavy (non-hydrogen) atoms. The second-order valence-electron chi connectivity index (χ2n) is 6.09. The molecule has 2 N–H and O–H groups in total. The monoisotopic (exact) mass is 427 g/mol. The van der Waals surface area contributed by atoms with Crippen LogP contribution in [0.2, 0.25) is 0 Å². The van der Waals surface area contributed by atoms with Crippen molar-refractivity contribution in [2.24, 2.45) is 10.7 Å². The van der Waals surface area contributed by atoms with E-state index in [9.17, 15) is 0 Å². The predicted octanol–water partition coefficient (Wildman–Crippen LogP) is 4.63. The first kappa shape index (κ1) is 15.4. The van der Waals surface area contributed by atoms with Gasteiger partial charge in [0.25, 0.3) is 0 Å². The van der Waals surface area contributed by atoms with Crippen LogP contribution in [-0.2, 0) is 12.8 Å². The molecule has 0 aromatic heterocycles. The normalized spacial score (nSPS) is 13.5. The molecule has 3 aromatic carbocycles. The average Bonchev–Trinajstić information content (AvgIpc) is 3.00. The van der Waals surface area contributed by atoms with Gasteiger partial charge < -0.3 is 10.6 Å². The van der Waals surface area contributed by atoms with Gasteiger partial charge in [-0.1, -0.05) is 30.3 Å². The van der Waals surface area contributed by atoms with E-state index in [1.807, 2.05) is 36.2 Å². The summed E-state index contributed by atoms with van der Waals surface area (Å²) < 4.78 is 1.15. The van der Waals surface area contributed by atoms with E-state index < -0.39 is 0 Å². The summed E-state index contributed by atoms with van der Waals surface area (Å²) in [5.41, 5.74) is 11.1. The molecule has 0 spiro atoms. The fourth-order valence-electron chi connectivity index (χ4n) is 3.40. The first-order chi connectivity index (χ1) is 11.6. The maximum absolute atomic E-state index is 6.29. The zero-order valence-electron chi connectivity index (χ0n) is 13.5. The number of aliphatic imine (C=N–C) groups is 1. The van der Waals surface area contributed by atoms with Crippen LogP contribution in [0.3, 0.4) is 0 Å². The summed E-state index contributed by atoms with van der Waals surface area (Å²) in [5, 5.41) is 2.65. The molecule has 0 saturated heterocycles. The van der Waals surface area contributed by atoms with Gasteiger partial charge in [0.15, 0.2) is 0 Å². The van der Waals surface area contributed by atoms with Crippen molar-refractivity contribution in [1.82, 2.24) is 0 Å². The lowest BCUT2D eigenvalue weighted by Crippen LogP contribution is -2.33. The second-order valence-corrected chi connectivity index (χ2v) is 7.34. The molecule has 0 saturated carbocycles. The number of nitrogens with zero attached hydrogens (tertiary/aromatic N) is 2. The van der Waals surface area contributed by atoms with Crippen LogP contribution in [0, 0.1) is 3.57 Å². The van der Waals surface area contributed by atoms with E-state index in [0.717, 1.165) is 27.8 Å². The van der Waals surface area contributed by atoms with Gasteiger partial charge in [-0.05, 0) is 76.2 Å². The lowest BCUT2D eigenvalue weighted by Gasteiger charge is -2.21. The smallest absolute Gasteiger partial charge is 0.200 e. The Morgan fingerprint density at radius 1 is 1.04 bits per heavy atom. The number of benzene rings is 3. The number of rotatable bonds is 2. The van der Waals surface area contributed by atoms with Crippen molar-refractivity contribution in [3.63, 3.8) is 0 Å². The average molecular weight is 427 g/mol. The van der Waals surface area contributed by atoms with Crippen molar-refractivity contribution in [2.45, 2.75) is 12.8 Å². The standard InChI is InChI=1S/C20H18IN3/c1-24(20(22)23-16-6-3-5-15(21)12-16)18-11-10-14-9-8-13-4-2-7-17(18)19(13)14/h2-7,10-12H,8-9H2,1H3,(H2,22,23). The van der Waals surface area contributed by atoms with E-state index in [1.165, 1.54) is 21.9 Å². The first-order valence-electron chi connectivity index (χ1n) is 8.00. The van der Waals surface area contributed by atoms with Crippen molar-refractivity contribution in [3.8, 4) is 0 Å². The Kier molecular flexibility index (Phi) is 3.92. The van der Waals surface area contributed by atoms with E-state index in [2.05, 4.69) is 57.9 Å². The third kappa shape index (κ3) is 2.65. The summed E-state index contributed by atoms with van der Waals surface area (Å²) in [4.78, 5) is 6.55. The van der Waals surface area contributed by atoms with E-state index in [1.54, 1.807) is 0 Å². The van der Waals surface area contributed by atoms with Crippen LogP contribution in [0.15, 0.2) is 59.6 Å². The largest absolute Gasteiger partial charge is 0.369 e. The SMILES string of the molecule is CN(C(N)=Nc1cccc(I)c1)c1ccc2c3c(cccc13)CC2. The molecule has 0 atom stereocenters. The van der Waals surface area contributed by atoms with Crippen LogP contribution < -0.4 is 10.6 Å². The van der Waals surface area contributed by atoms with Crippen LogP contribution in [0.4, 0.5) is 11.4 Å². The first-order valence-corrected chi connectivity index (χ1v) is 9.08. The highest BCUT2D eigenvalue weighted by molar-refractivity contribution is 14.1. The van der Waals surface area contributed by atoms with Gasteiger partial charge in [0.05, 0.1) is 11.4 Å². The molecular weight excluding hydrogens is 409 g/mol. The molecular formula is C20H18IN3. The number of halogens is 1. The van der Waals surface area contributed by atoms with E-state index in [-0.39, 0.29) is 0 Å². The molecule has 3 nitrogen and oxygen atoms in total.